The van der Waals surface area contributed by atoms with E-state index in [1.807, 2.05) is 6.07 Å². The van der Waals surface area contributed by atoms with Crippen LogP contribution in [-0.4, -0.2) is 41.5 Å². The third-order valence-electron chi connectivity index (χ3n) is 5.75. The van der Waals surface area contributed by atoms with E-state index >= 15 is 0 Å². The van der Waals surface area contributed by atoms with E-state index in [0.29, 0.717) is 12.6 Å². The summed E-state index contributed by atoms with van der Waals surface area (Å²) in [6, 6.07) is 20.4. The number of benzene rings is 2. The van der Waals surface area contributed by atoms with Crippen molar-refractivity contribution < 1.29 is 4.74 Å². The molecule has 2 aliphatic rings. The molecule has 2 heterocycles. The summed E-state index contributed by atoms with van der Waals surface area (Å²) in [5.41, 5.74) is 2.56. The predicted molar refractivity (Wildman–Crippen MR) is 102 cm³/mol. The summed E-state index contributed by atoms with van der Waals surface area (Å²) in [7, 11) is 0. The number of piperazine rings is 1. The van der Waals surface area contributed by atoms with Crippen LogP contribution >= 0.6 is 0 Å². The number of hydrogen-bond acceptors (Lipinski definition) is 3. The summed E-state index contributed by atoms with van der Waals surface area (Å²) >= 11 is 0. The Hall–Kier alpha value is -1.84. The van der Waals surface area contributed by atoms with Gasteiger partial charge in [-0.3, -0.25) is 9.80 Å². The van der Waals surface area contributed by atoms with Gasteiger partial charge in [0.25, 0.3) is 0 Å². The Morgan fingerprint density at radius 2 is 1.80 bits per heavy atom. The van der Waals surface area contributed by atoms with Crippen molar-refractivity contribution in [3.8, 4) is 5.75 Å². The quantitative estimate of drug-likeness (QED) is 0.823. The van der Waals surface area contributed by atoms with Gasteiger partial charge in [0, 0.05) is 31.7 Å². The van der Waals surface area contributed by atoms with Crippen LogP contribution in [-0.2, 0) is 13.2 Å². The van der Waals surface area contributed by atoms with Crippen LogP contribution in [0.4, 0.5) is 0 Å². The van der Waals surface area contributed by atoms with Crippen molar-refractivity contribution in [3.05, 3.63) is 65.7 Å². The second kappa shape index (κ2) is 7.59. The molecule has 3 heteroatoms. The van der Waals surface area contributed by atoms with Gasteiger partial charge in [0.15, 0.2) is 0 Å². The molecule has 0 aliphatic carbocycles. The molecule has 0 saturated carbocycles. The molecule has 0 N–H and O–H groups in total. The third kappa shape index (κ3) is 3.88. The highest BCUT2D eigenvalue weighted by Gasteiger charge is 2.36. The van der Waals surface area contributed by atoms with Crippen LogP contribution in [0.1, 0.15) is 30.9 Å². The van der Waals surface area contributed by atoms with Gasteiger partial charge in [0.2, 0.25) is 0 Å². The lowest BCUT2D eigenvalue weighted by Gasteiger charge is -2.43. The summed E-state index contributed by atoms with van der Waals surface area (Å²) in [5, 5.41) is 0. The van der Waals surface area contributed by atoms with Gasteiger partial charge in [-0.25, -0.2) is 0 Å². The highest BCUT2D eigenvalue weighted by atomic mass is 16.5. The minimum atomic E-state index is 0.626. The number of fused-ring (bicyclic) bond motifs is 1. The molecule has 0 radical (unpaired) electrons. The van der Waals surface area contributed by atoms with Gasteiger partial charge >= 0.3 is 0 Å². The van der Waals surface area contributed by atoms with Crippen LogP contribution in [0.15, 0.2) is 54.6 Å². The molecule has 0 spiro atoms. The summed E-state index contributed by atoms with van der Waals surface area (Å²) in [6.07, 6.45) is 2.73. The Bertz CT molecular complexity index is 687. The van der Waals surface area contributed by atoms with Gasteiger partial charge in [-0.15, -0.1) is 0 Å². The van der Waals surface area contributed by atoms with Gasteiger partial charge in [0.05, 0.1) is 0 Å². The van der Waals surface area contributed by atoms with Crippen LogP contribution < -0.4 is 4.74 Å². The van der Waals surface area contributed by atoms with Gasteiger partial charge < -0.3 is 4.74 Å². The smallest absolute Gasteiger partial charge is 0.120 e. The van der Waals surface area contributed by atoms with E-state index in [9.17, 15) is 0 Å². The zero-order chi connectivity index (χ0) is 17.1. The Morgan fingerprint density at radius 3 is 2.68 bits per heavy atom. The molecule has 3 nitrogen and oxygen atoms in total. The molecular formula is C22H28N2O. The van der Waals surface area contributed by atoms with E-state index in [4.69, 9.17) is 4.74 Å². The fourth-order valence-electron chi connectivity index (χ4n) is 4.31. The zero-order valence-corrected chi connectivity index (χ0v) is 15.1. The molecule has 132 valence electrons. The average Bonchev–Trinajstić information content (AvgIpc) is 3.13. The van der Waals surface area contributed by atoms with Gasteiger partial charge in [-0.1, -0.05) is 42.5 Å². The topological polar surface area (TPSA) is 15.7 Å². The normalized spacial score (nSPS) is 24.2. The first kappa shape index (κ1) is 16.6. The fraction of sp³-hybridized carbons (Fsp3) is 0.455. The molecule has 0 bridgehead atoms. The maximum absolute atomic E-state index is 5.99. The maximum Gasteiger partial charge on any atom is 0.120 e. The van der Waals surface area contributed by atoms with Crippen molar-refractivity contribution >= 4 is 0 Å². The van der Waals surface area contributed by atoms with Crippen LogP contribution in [0.3, 0.4) is 0 Å². The first-order valence-corrected chi connectivity index (χ1v) is 9.53. The van der Waals surface area contributed by atoms with E-state index < -0.39 is 0 Å². The van der Waals surface area contributed by atoms with Crippen molar-refractivity contribution in [1.29, 1.82) is 0 Å². The molecule has 0 aromatic heterocycles. The van der Waals surface area contributed by atoms with E-state index in [1.165, 1.54) is 43.6 Å². The molecule has 2 fully saturated rings. The van der Waals surface area contributed by atoms with E-state index in [2.05, 4.69) is 65.3 Å². The van der Waals surface area contributed by atoms with Crippen molar-refractivity contribution in [2.24, 2.45) is 0 Å². The Morgan fingerprint density at radius 1 is 0.960 bits per heavy atom. The summed E-state index contributed by atoms with van der Waals surface area (Å²) in [6.45, 7) is 7.74. The summed E-state index contributed by atoms with van der Waals surface area (Å²) in [5.74, 6) is 0.966. The molecule has 2 aliphatic heterocycles. The summed E-state index contributed by atoms with van der Waals surface area (Å²) in [4.78, 5) is 5.32. The van der Waals surface area contributed by atoms with Crippen molar-refractivity contribution in [1.82, 2.24) is 9.80 Å². The van der Waals surface area contributed by atoms with Crippen LogP contribution in [0.5, 0.6) is 5.75 Å². The molecule has 0 unspecified atom stereocenters. The number of ether oxygens (including phenoxy) is 1. The van der Waals surface area contributed by atoms with E-state index in [1.54, 1.807) is 0 Å². The second-order valence-corrected chi connectivity index (χ2v) is 7.38. The molecule has 2 aromatic rings. The standard InChI is InChI=1S/C22H28N2O/c1-18-22-11-6-12-23(22)13-14-24(18)16-20-9-5-10-21(15-20)25-17-19-7-3-2-4-8-19/h2-5,7-10,15,18,22H,6,11-14,16-17H2,1H3/t18-,22-/m0/s1. The lowest BCUT2D eigenvalue weighted by atomic mass is 10.0. The van der Waals surface area contributed by atoms with Crippen LogP contribution in [0, 0.1) is 0 Å². The van der Waals surface area contributed by atoms with Crippen molar-refractivity contribution in [3.63, 3.8) is 0 Å². The lowest BCUT2D eigenvalue weighted by molar-refractivity contribution is 0.0470. The number of hydrogen-bond donors (Lipinski definition) is 0. The summed E-state index contributed by atoms with van der Waals surface area (Å²) < 4.78 is 5.99. The van der Waals surface area contributed by atoms with Gasteiger partial charge in [0.1, 0.15) is 12.4 Å². The molecule has 0 amide bonds. The van der Waals surface area contributed by atoms with Crippen LogP contribution in [0.2, 0.25) is 0 Å². The van der Waals surface area contributed by atoms with E-state index in [-0.39, 0.29) is 0 Å². The number of nitrogens with zero attached hydrogens (tertiary/aromatic N) is 2. The minimum Gasteiger partial charge on any atom is -0.489 e. The first-order valence-electron chi connectivity index (χ1n) is 9.53. The second-order valence-electron chi connectivity index (χ2n) is 7.38. The highest BCUT2D eigenvalue weighted by Crippen LogP contribution is 2.28. The molecular weight excluding hydrogens is 308 g/mol. The molecule has 4 rings (SSSR count). The van der Waals surface area contributed by atoms with Crippen molar-refractivity contribution in [2.75, 3.05) is 19.6 Å². The Labute approximate surface area is 151 Å². The Kier molecular flexibility index (Phi) is 5.04. The third-order valence-corrected chi connectivity index (χ3v) is 5.75. The molecule has 2 aromatic carbocycles. The lowest BCUT2D eigenvalue weighted by Crippen LogP contribution is -2.55. The Balaban J connectivity index is 1.38. The van der Waals surface area contributed by atoms with Crippen molar-refractivity contribution in [2.45, 2.75) is 45.0 Å². The van der Waals surface area contributed by atoms with Crippen LogP contribution in [0.25, 0.3) is 0 Å². The average molecular weight is 336 g/mol. The number of rotatable bonds is 5. The minimum absolute atomic E-state index is 0.626. The highest BCUT2D eigenvalue weighted by molar-refractivity contribution is 5.29. The van der Waals surface area contributed by atoms with Gasteiger partial charge in [-0.05, 0) is 49.6 Å². The van der Waals surface area contributed by atoms with E-state index in [0.717, 1.165) is 18.3 Å². The fourth-order valence-corrected chi connectivity index (χ4v) is 4.31. The maximum atomic E-state index is 5.99. The molecule has 25 heavy (non-hydrogen) atoms. The monoisotopic (exact) mass is 336 g/mol. The predicted octanol–water partition coefficient (Wildman–Crippen LogP) is 3.93. The molecule has 2 saturated heterocycles. The zero-order valence-electron chi connectivity index (χ0n) is 15.1. The SMILES string of the molecule is C[C@H]1[C@@H]2CCCN2CCN1Cc1cccc(OCc2ccccc2)c1. The van der Waals surface area contributed by atoms with Gasteiger partial charge in [-0.2, -0.15) is 0 Å². The largest absolute Gasteiger partial charge is 0.489 e. The first-order chi connectivity index (χ1) is 12.3. The molecule has 2 atom stereocenters.